The summed E-state index contributed by atoms with van der Waals surface area (Å²) in [4.78, 5) is 23.8. The largest absolute Gasteiger partial charge is 0.416 e. The van der Waals surface area contributed by atoms with Crippen LogP contribution in [0.2, 0.25) is 0 Å². The highest BCUT2D eigenvalue weighted by Gasteiger charge is 2.30. The number of aromatic nitrogens is 3. The molecule has 0 aliphatic rings. The van der Waals surface area contributed by atoms with Gasteiger partial charge in [0.05, 0.1) is 16.8 Å². The van der Waals surface area contributed by atoms with Crippen LogP contribution in [-0.4, -0.2) is 15.0 Å². The van der Waals surface area contributed by atoms with Crippen molar-refractivity contribution in [3.05, 3.63) is 69.6 Å². The van der Waals surface area contributed by atoms with E-state index in [-0.39, 0.29) is 5.52 Å². The van der Waals surface area contributed by atoms with E-state index in [2.05, 4.69) is 15.0 Å². The molecule has 0 amide bonds. The molecule has 0 fully saturated rings. The Balaban J connectivity index is 1.76. The molecule has 8 heteroatoms. The standard InChI is InChI=1S/C20H14F3N3OS/c1-2-14-7-12(5-6-24-14)19-26-17(10-28-19)15-8-11-3-4-13(20(21,22)23)9-16(11)25-18(15)27/h3-10H,2H2,1H3,(H,25,27). The molecule has 0 bridgehead atoms. The minimum Gasteiger partial charge on any atom is -0.321 e. The maximum absolute atomic E-state index is 12.9. The molecule has 4 aromatic rings. The van der Waals surface area contributed by atoms with Crippen molar-refractivity contribution in [1.82, 2.24) is 15.0 Å². The van der Waals surface area contributed by atoms with Crippen LogP contribution in [0.15, 0.2) is 52.8 Å². The predicted octanol–water partition coefficient (Wildman–Crippen LogP) is 5.29. The first kappa shape index (κ1) is 18.4. The molecule has 0 aliphatic heterocycles. The molecule has 1 N–H and O–H groups in total. The lowest BCUT2D eigenvalue weighted by Gasteiger charge is -2.08. The molecule has 4 nitrogen and oxygen atoms in total. The number of alkyl halides is 3. The van der Waals surface area contributed by atoms with E-state index in [1.54, 1.807) is 17.6 Å². The molecule has 3 heterocycles. The van der Waals surface area contributed by atoms with Gasteiger partial charge in [0.15, 0.2) is 0 Å². The van der Waals surface area contributed by atoms with Crippen LogP contribution >= 0.6 is 11.3 Å². The van der Waals surface area contributed by atoms with E-state index in [0.717, 1.165) is 34.8 Å². The number of benzene rings is 1. The molecular formula is C20H14F3N3OS. The molecule has 28 heavy (non-hydrogen) atoms. The Kier molecular flexibility index (Phi) is 4.50. The van der Waals surface area contributed by atoms with E-state index >= 15 is 0 Å². The highest BCUT2D eigenvalue weighted by Crippen LogP contribution is 2.32. The van der Waals surface area contributed by atoms with Crippen molar-refractivity contribution in [2.75, 3.05) is 0 Å². The number of halogens is 3. The van der Waals surface area contributed by atoms with Crippen LogP contribution in [0, 0.1) is 0 Å². The summed E-state index contributed by atoms with van der Waals surface area (Å²) < 4.78 is 38.6. The number of fused-ring (bicyclic) bond motifs is 1. The summed E-state index contributed by atoms with van der Waals surface area (Å²) in [5, 5.41) is 3.02. The van der Waals surface area contributed by atoms with Crippen molar-refractivity contribution in [3.8, 4) is 21.8 Å². The number of thiazole rings is 1. The van der Waals surface area contributed by atoms with E-state index in [1.807, 2.05) is 19.1 Å². The zero-order chi connectivity index (χ0) is 19.9. The Bertz CT molecular complexity index is 1230. The summed E-state index contributed by atoms with van der Waals surface area (Å²) in [5.41, 5.74) is 1.52. The highest BCUT2D eigenvalue weighted by molar-refractivity contribution is 7.13. The number of rotatable bonds is 3. The molecule has 0 saturated carbocycles. The fourth-order valence-electron chi connectivity index (χ4n) is 2.90. The molecule has 0 saturated heterocycles. The monoisotopic (exact) mass is 401 g/mol. The number of nitrogens with one attached hydrogen (secondary N) is 1. The van der Waals surface area contributed by atoms with Crippen LogP contribution in [0.5, 0.6) is 0 Å². The van der Waals surface area contributed by atoms with E-state index in [4.69, 9.17) is 0 Å². The SMILES string of the molecule is CCc1cc(-c2nc(-c3cc4ccc(C(F)(F)F)cc4[nH]c3=O)cs2)ccn1. The summed E-state index contributed by atoms with van der Waals surface area (Å²) >= 11 is 1.40. The van der Waals surface area contributed by atoms with Crippen molar-refractivity contribution in [2.45, 2.75) is 19.5 Å². The normalized spacial score (nSPS) is 11.9. The van der Waals surface area contributed by atoms with Crippen LogP contribution in [0.25, 0.3) is 32.7 Å². The van der Waals surface area contributed by atoms with Crippen molar-refractivity contribution in [2.24, 2.45) is 0 Å². The van der Waals surface area contributed by atoms with Crippen molar-refractivity contribution >= 4 is 22.2 Å². The lowest BCUT2D eigenvalue weighted by molar-refractivity contribution is -0.137. The molecule has 0 atom stereocenters. The van der Waals surface area contributed by atoms with Crippen LogP contribution in [-0.2, 0) is 12.6 Å². The minimum absolute atomic E-state index is 0.140. The smallest absolute Gasteiger partial charge is 0.321 e. The average Bonchev–Trinajstić information content (AvgIpc) is 3.16. The highest BCUT2D eigenvalue weighted by atomic mass is 32.1. The van der Waals surface area contributed by atoms with Gasteiger partial charge in [-0.15, -0.1) is 11.3 Å². The Morgan fingerprint density at radius 3 is 2.71 bits per heavy atom. The number of hydrogen-bond donors (Lipinski definition) is 1. The first-order valence-electron chi connectivity index (χ1n) is 8.50. The lowest BCUT2D eigenvalue weighted by Crippen LogP contribution is -2.10. The Morgan fingerprint density at radius 1 is 1.14 bits per heavy atom. The Labute approximate surface area is 161 Å². The first-order valence-corrected chi connectivity index (χ1v) is 9.38. The maximum atomic E-state index is 12.9. The minimum atomic E-state index is -4.46. The van der Waals surface area contributed by atoms with E-state index in [9.17, 15) is 18.0 Å². The summed E-state index contributed by atoms with van der Waals surface area (Å²) in [6, 6.07) is 8.66. The molecule has 0 aliphatic carbocycles. The number of H-pyrrole nitrogens is 1. The summed E-state index contributed by atoms with van der Waals surface area (Å²) in [5.74, 6) is 0. The van der Waals surface area contributed by atoms with Gasteiger partial charge in [0.2, 0.25) is 0 Å². The van der Waals surface area contributed by atoms with Crippen molar-refractivity contribution in [3.63, 3.8) is 0 Å². The van der Waals surface area contributed by atoms with E-state index < -0.39 is 17.3 Å². The number of pyridine rings is 2. The number of aryl methyl sites for hydroxylation is 1. The number of nitrogens with zero attached hydrogens (tertiary/aromatic N) is 2. The van der Waals surface area contributed by atoms with Gasteiger partial charge in [-0.2, -0.15) is 13.2 Å². The molecule has 0 spiro atoms. The number of aromatic amines is 1. The van der Waals surface area contributed by atoms with Gasteiger partial charge in [-0.1, -0.05) is 13.0 Å². The number of hydrogen-bond acceptors (Lipinski definition) is 4. The fraction of sp³-hybridized carbons (Fsp3) is 0.150. The Hall–Kier alpha value is -3.00. The molecule has 142 valence electrons. The van der Waals surface area contributed by atoms with Crippen LogP contribution in [0.4, 0.5) is 13.2 Å². The van der Waals surface area contributed by atoms with Crippen LogP contribution in [0.3, 0.4) is 0 Å². The van der Waals surface area contributed by atoms with Crippen LogP contribution < -0.4 is 5.56 Å². The van der Waals surface area contributed by atoms with Gasteiger partial charge in [-0.3, -0.25) is 9.78 Å². The molecule has 3 aromatic heterocycles. The maximum Gasteiger partial charge on any atom is 0.416 e. The fourth-order valence-corrected chi connectivity index (χ4v) is 3.72. The van der Waals surface area contributed by atoms with Gasteiger partial charge < -0.3 is 4.98 Å². The zero-order valence-electron chi connectivity index (χ0n) is 14.7. The van der Waals surface area contributed by atoms with Gasteiger partial charge in [0, 0.05) is 28.4 Å². The van der Waals surface area contributed by atoms with E-state index in [1.165, 1.54) is 17.4 Å². The lowest BCUT2D eigenvalue weighted by atomic mass is 10.1. The third-order valence-corrected chi connectivity index (χ3v) is 5.27. The molecule has 1 aromatic carbocycles. The summed E-state index contributed by atoms with van der Waals surface area (Å²) in [7, 11) is 0. The second kappa shape index (κ2) is 6.87. The van der Waals surface area contributed by atoms with Crippen molar-refractivity contribution in [1.29, 1.82) is 0 Å². The second-order valence-corrected chi connectivity index (χ2v) is 7.10. The summed E-state index contributed by atoms with van der Waals surface area (Å²) in [6.45, 7) is 2.01. The van der Waals surface area contributed by atoms with Crippen molar-refractivity contribution < 1.29 is 13.2 Å². The molecule has 4 rings (SSSR count). The van der Waals surface area contributed by atoms with Gasteiger partial charge in [0.25, 0.3) is 5.56 Å². The van der Waals surface area contributed by atoms with Gasteiger partial charge >= 0.3 is 6.18 Å². The van der Waals surface area contributed by atoms with Gasteiger partial charge in [-0.25, -0.2) is 4.98 Å². The third-order valence-electron chi connectivity index (χ3n) is 4.38. The summed E-state index contributed by atoms with van der Waals surface area (Å²) in [6.07, 6.45) is -1.94. The Morgan fingerprint density at radius 2 is 1.96 bits per heavy atom. The van der Waals surface area contributed by atoms with E-state index in [0.29, 0.717) is 16.6 Å². The van der Waals surface area contributed by atoms with Gasteiger partial charge in [-0.05, 0) is 42.1 Å². The second-order valence-electron chi connectivity index (χ2n) is 6.24. The molecule has 0 unspecified atom stereocenters. The van der Waals surface area contributed by atoms with Crippen LogP contribution in [0.1, 0.15) is 18.2 Å². The van der Waals surface area contributed by atoms with Gasteiger partial charge in [0.1, 0.15) is 5.01 Å². The third kappa shape index (κ3) is 3.43. The molecule has 0 radical (unpaired) electrons. The first-order chi connectivity index (χ1) is 13.3. The zero-order valence-corrected chi connectivity index (χ0v) is 15.5. The molecular weight excluding hydrogens is 387 g/mol. The quantitative estimate of drug-likeness (QED) is 0.507. The topological polar surface area (TPSA) is 58.6 Å². The predicted molar refractivity (Wildman–Crippen MR) is 103 cm³/mol. The average molecular weight is 401 g/mol.